The van der Waals surface area contributed by atoms with Gasteiger partial charge in [0.15, 0.2) is 0 Å². The van der Waals surface area contributed by atoms with Crippen LogP contribution in [0.15, 0.2) is 54.6 Å². The average molecular weight is 375 g/mol. The van der Waals surface area contributed by atoms with Crippen molar-refractivity contribution < 1.29 is 29.6 Å². The molecule has 0 bridgehead atoms. The maximum Gasteiger partial charge on any atom is 0.364 e. The first-order valence-corrected chi connectivity index (χ1v) is 8.74. The number of carboxylic acids is 1. The molecule has 0 heterocycles. The summed E-state index contributed by atoms with van der Waals surface area (Å²) < 4.78 is 11.3. The van der Waals surface area contributed by atoms with E-state index in [4.69, 9.17) is 9.47 Å². The molecule has 0 radical (unpaired) electrons. The van der Waals surface area contributed by atoms with E-state index in [0.717, 1.165) is 0 Å². The smallest absolute Gasteiger partial charge is 0.364 e. The fourth-order valence-corrected chi connectivity index (χ4v) is 2.56. The number of nitrogens with one attached hydrogen (secondary N) is 1. The third-order valence-corrected chi connectivity index (χ3v) is 3.80. The average Bonchev–Trinajstić information content (AvgIpc) is 2.63. The minimum Gasteiger partial charge on any atom is -0.508 e. The molecule has 7 nitrogen and oxygen atoms in total. The molecule has 2 aromatic carbocycles. The zero-order valence-electron chi connectivity index (χ0n) is 15.2. The van der Waals surface area contributed by atoms with E-state index in [-0.39, 0.29) is 12.2 Å². The summed E-state index contributed by atoms with van der Waals surface area (Å²) in [5.74, 6) is -0.0339. The lowest BCUT2D eigenvalue weighted by Crippen LogP contribution is -2.58. The van der Waals surface area contributed by atoms with Gasteiger partial charge in [-0.25, -0.2) is 4.79 Å². The van der Waals surface area contributed by atoms with E-state index >= 15 is 0 Å². The Bertz CT molecular complexity index is 704. The Hall–Kier alpha value is -2.77. The van der Waals surface area contributed by atoms with Crippen molar-refractivity contribution in [1.29, 1.82) is 0 Å². The zero-order valence-corrected chi connectivity index (χ0v) is 15.2. The summed E-state index contributed by atoms with van der Waals surface area (Å²) in [6.45, 7) is 2.18. The van der Waals surface area contributed by atoms with Gasteiger partial charge >= 0.3 is 5.97 Å². The molecule has 0 aliphatic carbocycles. The zero-order chi connectivity index (χ0) is 19.7. The molecule has 0 aliphatic rings. The maximum atomic E-state index is 11.9. The molecule has 0 amide bonds. The topological polar surface area (TPSA) is 108 Å². The van der Waals surface area contributed by atoms with Crippen LogP contribution in [0.1, 0.15) is 19.8 Å². The van der Waals surface area contributed by atoms with Gasteiger partial charge in [-0.05, 0) is 49.7 Å². The largest absolute Gasteiger partial charge is 0.508 e. The number of para-hydroxylation sites is 1. The van der Waals surface area contributed by atoms with E-state index in [9.17, 15) is 20.1 Å². The van der Waals surface area contributed by atoms with Crippen LogP contribution in [-0.2, 0) is 4.79 Å². The molecular weight excluding hydrogens is 350 g/mol. The highest BCUT2D eigenvalue weighted by atomic mass is 16.5. The van der Waals surface area contributed by atoms with Crippen LogP contribution in [0.3, 0.4) is 0 Å². The first-order chi connectivity index (χ1) is 12.9. The molecule has 27 heavy (non-hydrogen) atoms. The molecule has 2 aromatic rings. The summed E-state index contributed by atoms with van der Waals surface area (Å²) in [7, 11) is 0. The van der Waals surface area contributed by atoms with Crippen LogP contribution in [0, 0.1) is 0 Å². The third-order valence-electron chi connectivity index (χ3n) is 3.80. The molecule has 2 rings (SSSR count). The summed E-state index contributed by atoms with van der Waals surface area (Å²) >= 11 is 0. The van der Waals surface area contributed by atoms with E-state index in [2.05, 4.69) is 5.32 Å². The Labute approximate surface area is 158 Å². The van der Waals surface area contributed by atoms with Crippen LogP contribution in [0.4, 0.5) is 0 Å². The van der Waals surface area contributed by atoms with Crippen molar-refractivity contribution >= 4 is 5.97 Å². The van der Waals surface area contributed by atoms with E-state index < -0.39 is 17.8 Å². The van der Waals surface area contributed by atoms with Gasteiger partial charge in [-0.15, -0.1) is 0 Å². The van der Waals surface area contributed by atoms with Crippen molar-refractivity contribution in [3.05, 3.63) is 54.6 Å². The quantitative estimate of drug-likeness (QED) is 0.353. The first-order valence-electron chi connectivity index (χ1n) is 8.74. The van der Waals surface area contributed by atoms with Crippen LogP contribution in [0.2, 0.25) is 0 Å². The van der Waals surface area contributed by atoms with E-state index in [1.807, 2.05) is 0 Å². The van der Waals surface area contributed by atoms with Gasteiger partial charge < -0.3 is 24.8 Å². The van der Waals surface area contributed by atoms with E-state index in [0.29, 0.717) is 31.1 Å². The van der Waals surface area contributed by atoms with Gasteiger partial charge in [0.05, 0.1) is 12.7 Å². The van der Waals surface area contributed by atoms with Gasteiger partial charge in [-0.3, -0.25) is 5.32 Å². The van der Waals surface area contributed by atoms with Gasteiger partial charge in [0, 0.05) is 13.0 Å². The first kappa shape index (κ1) is 20.5. The van der Waals surface area contributed by atoms with Crippen molar-refractivity contribution in [2.45, 2.75) is 31.6 Å². The second-order valence-corrected chi connectivity index (χ2v) is 6.22. The molecule has 146 valence electrons. The highest BCUT2D eigenvalue weighted by Gasteiger charge is 2.42. The number of carboxylic acid groups (broad SMARTS) is 1. The molecule has 0 aromatic heterocycles. The minimum atomic E-state index is -1.74. The molecule has 7 heteroatoms. The number of aliphatic hydroxyl groups excluding tert-OH is 1. The Kier molecular flexibility index (Phi) is 7.45. The second-order valence-electron chi connectivity index (χ2n) is 6.22. The fraction of sp³-hybridized carbons (Fsp3) is 0.350. The number of ether oxygens (including phenoxy) is 2. The predicted molar refractivity (Wildman–Crippen MR) is 100.0 cm³/mol. The number of phenolic OH excluding ortho intramolecular Hbond substituents is 1. The van der Waals surface area contributed by atoms with Crippen LogP contribution >= 0.6 is 0 Å². The number of aliphatic carboxylic acids is 1. The normalized spacial score (nSPS) is 14.1. The predicted octanol–water partition coefficient (Wildman–Crippen LogP) is 2.38. The van der Waals surface area contributed by atoms with Crippen molar-refractivity contribution in [2.75, 3.05) is 13.2 Å². The molecule has 2 atom stereocenters. The highest BCUT2D eigenvalue weighted by Crippen LogP contribution is 2.22. The van der Waals surface area contributed by atoms with E-state index in [1.54, 1.807) is 42.5 Å². The number of hydrogen-bond acceptors (Lipinski definition) is 6. The lowest BCUT2D eigenvalue weighted by atomic mass is 10.1. The number of phenols is 1. The Balaban J connectivity index is 1.94. The summed E-state index contributed by atoms with van der Waals surface area (Å²) in [4.78, 5) is 11.9. The molecule has 0 saturated heterocycles. The van der Waals surface area contributed by atoms with Crippen LogP contribution in [0.5, 0.6) is 17.2 Å². The van der Waals surface area contributed by atoms with Gasteiger partial charge in [0.25, 0.3) is 5.72 Å². The van der Waals surface area contributed by atoms with E-state index in [1.165, 1.54) is 19.1 Å². The van der Waals surface area contributed by atoms with Crippen molar-refractivity contribution in [1.82, 2.24) is 5.32 Å². The number of rotatable bonds is 11. The van der Waals surface area contributed by atoms with Crippen molar-refractivity contribution in [2.24, 2.45) is 0 Å². The van der Waals surface area contributed by atoms with Gasteiger partial charge in [0.1, 0.15) is 17.2 Å². The van der Waals surface area contributed by atoms with Crippen molar-refractivity contribution in [3.8, 4) is 17.2 Å². The maximum absolute atomic E-state index is 11.9. The standard InChI is InChI=1S/C20H25NO6/c1-15(22)14-20(19(24)25,27-18-6-3-2-4-7-18)21-12-5-13-26-17-10-8-16(23)9-11-17/h2-4,6-11,15,21-23H,5,12-14H2,1H3,(H,24,25). The summed E-state index contributed by atoms with van der Waals surface area (Å²) in [6, 6.07) is 15.0. The highest BCUT2D eigenvalue weighted by molar-refractivity contribution is 5.77. The molecule has 4 N–H and O–H groups in total. The fourth-order valence-electron chi connectivity index (χ4n) is 2.56. The monoisotopic (exact) mass is 375 g/mol. The van der Waals surface area contributed by atoms with Gasteiger partial charge in [-0.1, -0.05) is 18.2 Å². The third kappa shape index (κ3) is 6.47. The summed E-state index contributed by atoms with van der Waals surface area (Å²) in [5.41, 5.74) is -1.74. The molecule has 0 spiro atoms. The lowest BCUT2D eigenvalue weighted by molar-refractivity contribution is -0.162. The summed E-state index contributed by atoms with van der Waals surface area (Å²) in [6.07, 6.45) is -0.463. The van der Waals surface area contributed by atoms with Crippen LogP contribution in [-0.4, -0.2) is 46.3 Å². The van der Waals surface area contributed by atoms with Crippen molar-refractivity contribution in [3.63, 3.8) is 0 Å². The van der Waals surface area contributed by atoms with Gasteiger partial charge in [0.2, 0.25) is 0 Å². The minimum absolute atomic E-state index is 0.115. The summed E-state index contributed by atoms with van der Waals surface area (Å²) in [5, 5.41) is 31.7. The molecule has 2 unspecified atom stereocenters. The molecule has 0 fully saturated rings. The SMILES string of the molecule is CC(O)CC(NCCCOc1ccc(O)cc1)(Oc1ccccc1)C(=O)O. The number of aliphatic hydroxyl groups is 1. The van der Waals surface area contributed by atoms with Gasteiger partial charge in [-0.2, -0.15) is 0 Å². The number of benzene rings is 2. The number of hydrogen-bond donors (Lipinski definition) is 4. The lowest BCUT2D eigenvalue weighted by Gasteiger charge is -2.32. The van der Waals surface area contributed by atoms with Crippen LogP contribution in [0.25, 0.3) is 0 Å². The number of aromatic hydroxyl groups is 1. The molecular formula is C20H25NO6. The molecule has 0 saturated carbocycles. The molecule has 0 aliphatic heterocycles. The number of carbonyl (C=O) groups is 1. The Morgan fingerprint density at radius 3 is 2.37 bits per heavy atom. The Morgan fingerprint density at radius 2 is 1.78 bits per heavy atom. The Morgan fingerprint density at radius 1 is 1.11 bits per heavy atom. The second kappa shape index (κ2) is 9.80. The van der Waals surface area contributed by atoms with Crippen LogP contribution < -0.4 is 14.8 Å².